The molecule has 13 heavy (non-hydrogen) atoms. The van der Waals surface area contributed by atoms with Crippen molar-refractivity contribution in [3.63, 3.8) is 0 Å². The third-order valence-corrected chi connectivity index (χ3v) is 4.45. The molecule has 1 N–H and O–H groups in total. The number of hydrogen-bond acceptors (Lipinski definition) is 2. The lowest BCUT2D eigenvalue weighted by atomic mass is 9.44. The molecule has 2 nitrogen and oxygen atoms in total. The molecule has 0 saturated heterocycles. The van der Waals surface area contributed by atoms with Crippen molar-refractivity contribution in [2.75, 3.05) is 0 Å². The molecule has 3 rings (SSSR count). The lowest BCUT2D eigenvalue weighted by molar-refractivity contribution is -0.163. The van der Waals surface area contributed by atoms with Gasteiger partial charge in [0.1, 0.15) is 6.29 Å². The van der Waals surface area contributed by atoms with E-state index in [0.29, 0.717) is 23.7 Å². The van der Waals surface area contributed by atoms with Crippen molar-refractivity contribution in [2.45, 2.75) is 39.2 Å². The lowest BCUT2D eigenvalue weighted by Gasteiger charge is -2.61. The number of carbonyl (C=O) groups is 1. The summed E-state index contributed by atoms with van der Waals surface area (Å²) in [6, 6.07) is 0. The molecule has 2 bridgehead atoms. The van der Waals surface area contributed by atoms with E-state index in [1.54, 1.807) is 0 Å². The first kappa shape index (κ1) is 9.20. The van der Waals surface area contributed by atoms with Crippen LogP contribution in [0.15, 0.2) is 0 Å². The zero-order chi connectivity index (χ0) is 9.64. The van der Waals surface area contributed by atoms with Crippen LogP contribution in [0.5, 0.6) is 0 Å². The second-order valence-corrected chi connectivity index (χ2v) is 5.23. The molecule has 0 spiro atoms. The van der Waals surface area contributed by atoms with E-state index in [2.05, 4.69) is 13.8 Å². The highest BCUT2D eigenvalue weighted by molar-refractivity contribution is 5.50. The van der Waals surface area contributed by atoms with Crippen molar-refractivity contribution in [2.24, 2.45) is 23.2 Å². The first-order chi connectivity index (χ1) is 6.07. The van der Waals surface area contributed by atoms with Gasteiger partial charge in [-0.2, -0.15) is 0 Å². The molecule has 2 unspecified atom stereocenters. The van der Waals surface area contributed by atoms with Gasteiger partial charge in [0.05, 0.1) is 6.10 Å². The Morgan fingerprint density at radius 1 is 1.46 bits per heavy atom. The summed E-state index contributed by atoms with van der Waals surface area (Å²) >= 11 is 0. The maximum absolute atomic E-state index is 10.5. The molecule has 3 saturated carbocycles. The topological polar surface area (TPSA) is 37.3 Å². The van der Waals surface area contributed by atoms with Crippen LogP contribution in [-0.4, -0.2) is 17.5 Å². The molecule has 2 heteroatoms. The number of aliphatic hydroxyl groups excluding tert-OH is 1. The van der Waals surface area contributed by atoms with Crippen molar-refractivity contribution in [3.05, 3.63) is 0 Å². The third-order valence-electron chi connectivity index (χ3n) is 4.45. The summed E-state index contributed by atoms with van der Waals surface area (Å²) in [5, 5.41) is 9.77. The number of carbonyl (C=O) groups excluding carboxylic acids is 1. The average Bonchev–Trinajstić information content (AvgIpc) is 2.08. The second-order valence-electron chi connectivity index (χ2n) is 5.23. The molecule has 0 aliphatic heterocycles. The Bertz CT molecular complexity index is 222. The lowest BCUT2D eigenvalue weighted by Crippen LogP contribution is -2.57. The van der Waals surface area contributed by atoms with Gasteiger partial charge in [-0.15, -0.1) is 0 Å². The Labute approximate surface area is 79.3 Å². The zero-order valence-corrected chi connectivity index (χ0v) is 8.36. The fraction of sp³-hybridized carbons (Fsp3) is 0.909. The molecule has 0 amide bonds. The van der Waals surface area contributed by atoms with E-state index in [1.165, 1.54) is 6.42 Å². The maximum Gasteiger partial charge on any atom is 0.120 e. The number of aldehydes is 1. The van der Waals surface area contributed by atoms with Crippen LogP contribution in [0, 0.1) is 23.2 Å². The van der Waals surface area contributed by atoms with Gasteiger partial charge in [-0.3, -0.25) is 0 Å². The Hall–Kier alpha value is -0.370. The van der Waals surface area contributed by atoms with E-state index in [9.17, 15) is 9.90 Å². The monoisotopic (exact) mass is 182 g/mol. The third kappa shape index (κ3) is 1.15. The van der Waals surface area contributed by atoms with Crippen LogP contribution >= 0.6 is 0 Å². The van der Waals surface area contributed by atoms with Crippen LogP contribution in [0.1, 0.15) is 33.1 Å². The van der Waals surface area contributed by atoms with Crippen LogP contribution in [0.4, 0.5) is 0 Å². The summed E-state index contributed by atoms with van der Waals surface area (Å²) in [7, 11) is 0. The predicted molar refractivity (Wildman–Crippen MR) is 50.2 cm³/mol. The molecule has 0 aromatic heterocycles. The highest BCUT2D eigenvalue weighted by Gasteiger charge is 2.56. The average molecular weight is 182 g/mol. The minimum Gasteiger partial charge on any atom is -0.393 e. The first-order valence-electron chi connectivity index (χ1n) is 5.19. The van der Waals surface area contributed by atoms with E-state index in [-0.39, 0.29) is 12.0 Å². The Kier molecular flexibility index (Phi) is 1.99. The van der Waals surface area contributed by atoms with Gasteiger partial charge >= 0.3 is 0 Å². The Morgan fingerprint density at radius 2 is 2.15 bits per heavy atom. The van der Waals surface area contributed by atoms with E-state index >= 15 is 0 Å². The number of hydrogen-bond donors (Lipinski definition) is 1. The van der Waals surface area contributed by atoms with Crippen molar-refractivity contribution in [1.82, 2.24) is 0 Å². The SMILES string of the molecule is CC1(C)[C@@H]2CC(O)C(CC=O)[C@H]1C2. The summed E-state index contributed by atoms with van der Waals surface area (Å²) in [5.74, 6) is 1.50. The smallest absolute Gasteiger partial charge is 0.120 e. The summed E-state index contributed by atoms with van der Waals surface area (Å²) in [4.78, 5) is 10.5. The minimum atomic E-state index is -0.220. The highest BCUT2D eigenvalue weighted by Crippen LogP contribution is 2.61. The molecule has 0 heterocycles. The summed E-state index contributed by atoms with van der Waals surface area (Å²) < 4.78 is 0. The number of rotatable bonds is 2. The second kappa shape index (κ2) is 2.81. The Balaban J connectivity index is 2.12. The summed E-state index contributed by atoms with van der Waals surface area (Å²) in [5.41, 5.74) is 0.368. The van der Waals surface area contributed by atoms with E-state index in [1.807, 2.05) is 0 Å². The van der Waals surface area contributed by atoms with Crippen LogP contribution in [-0.2, 0) is 4.79 Å². The fourth-order valence-corrected chi connectivity index (χ4v) is 3.35. The summed E-state index contributed by atoms with van der Waals surface area (Å²) in [6.07, 6.45) is 3.41. The van der Waals surface area contributed by atoms with Gasteiger partial charge in [0.15, 0.2) is 0 Å². The van der Waals surface area contributed by atoms with Crippen molar-refractivity contribution < 1.29 is 9.90 Å². The molecular formula is C11H18O2. The number of aliphatic hydroxyl groups is 1. The maximum atomic E-state index is 10.5. The van der Waals surface area contributed by atoms with Crippen LogP contribution in [0.2, 0.25) is 0 Å². The highest BCUT2D eigenvalue weighted by atomic mass is 16.3. The quantitative estimate of drug-likeness (QED) is 0.659. The molecule has 0 aromatic rings. The first-order valence-corrected chi connectivity index (χ1v) is 5.19. The Morgan fingerprint density at radius 3 is 2.69 bits per heavy atom. The van der Waals surface area contributed by atoms with Crippen LogP contribution in [0.3, 0.4) is 0 Å². The fourth-order valence-electron chi connectivity index (χ4n) is 3.35. The van der Waals surface area contributed by atoms with Crippen molar-refractivity contribution >= 4 is 6.29 Å². The van der Waals surface area contributed by atoms with Gasteiger partial charge in [-0.05, 0) is 36.0 Å². The molecule has 3 aliphatic carbocycles. The minimum absolute atomic E-state index is 0.220. The van der Waals surface area contributed by atoms with Gasteiger partial charge in [-0.1, -0.05) is 13.8 Å². The molecule has 3 aliphatic rings. The number of fused-ring (bicyclic) bond motifs is 2. The molecule has 3 fully saturated rings. The molecular weight excluding hydrogens is 164 g/mol. The largest absolute Gasteiger partial charge is 0.393 e. The standard InChI is InChI=1S/C11H18O2/c1-11(2)7-5-9(11)8(3-4-12)10(13)6-7/h4,7-10,13H,3,5-6H2,1-2H3/t7-,8?,9+,10?/m0/s1. The zero-order valence-electron chi connectivity index (χ0n) is 8.36. The van der Waals surface area contributed by atoms with E-state index in [4.69, 9.17) is 0 Å². The normalized spacial score (nSPS) is 46.7. The van der Waals surface area contributed by atoms with Crippen LogP contribution in [0.25, 0.3) is 0 Å². The van der Waals surface area contributed by atoms with Gasteiger partial charge in [-0.25, -0.2) is 0 Å². The van der Waals surface area contributed by atoms with Gasteiger partial charge in [0.25, 0.3) is 0 Å². The van der Waals surface area contributed by atoms with Gasteiger partial charge < -0.3 is 9.90 Å². The van der Waals surface area contributed by atoms with Crippen molar-refractivity contribution in [1.29, 1.82) is 0 Å². The van der Waals surface area contributed by atoms with E-state index < -0.39 is 0 Å². The predicted octanol–water partition coefficient (Wildman–Crippen LogP) is 1.62. The van der Waals surface area contributed by atoms with E-state index in [0.717, 1.165) is 12.7 Å². The van der Waals surface area contributed by atoms with Gasteiger partial charge in [0.2, 0.25) is 0 Å². The van der Waals surface area contributed by atoms with Gasteiger partial charge in [0, 0.05) is 6.42 Å². The summed E-state index contributed by atoms with van der Waals surface area (Å²) in [6.45, 7) is 4.55. The molecule has 74 valence electrons. The molecule has 4 atom stereocenters. The van der Waals surface area contributed by atoms with Crippen LogP contribution < -0.4 is 0 Å². The molecule has 0 radical (unpaired) electrons. The van der Waals surface area contributed by atoms with Crippen molar-refractivity contribution in [3.8, 4) is 0 Å². The molecule has 0 aromatic carbocycles.